The lowest BCUT2D eigenvalue weighted by Crippen LogP contribution is -2.50. The van der Waals surface area contributed by atoms with Crippen molar-refractivity contribution in [2.75, 3.05) is 37.6 Å². The van der Waals surface area contributed by atoms with E-state index in [2.05, 4.69) is 25.7 Å². The second-order valence-corrected chi connectivity index (χ2v) is 10.8. The van der Waals surface area contributed by atoms with Gasteiger partial charge in [0.25, 0.3) is 5.91 Å². The molecule has 0 spiro atoms. The summed E-state index contributed by atoms with van der Waals surface area (Å²) in [7, 11) is -4.12. The van der Waals surface area contributed by atoms with Gasteiger partial charge >= 0.3 is 5.97 Å². The zero-order valence-electron chi connectivity index (χ0n) is 20.7. The van der Waals surface area contributed by atoms with E-state index in [1.54, 1.807) is 6.07 Å². The summed E-state index contributed by atoms with van der Waals surface area (Å²) in [6.07, 6.45) is 2.62. The average molecular weight is 547 g/mol. The number of benzene rings is 2. The number of carboxylic acid groups (broad SMARTS) is 1. The second kappa shape index (κ2) is 12.2. The number of carbonyl (C=O) groups is 2. The van der Waals surface area contributed by atoms with Gasteiger partial charge in [-0.3, -0.25) is 14.6 Å². The van der Waals surface area contributed by atoms with Crippen LogP contribution in [0.4, 0.5) is 10.1 Å². The van der Waals surface area contributed by atoms with Gasteiger partial charge in [-0.1, -0.05) is 18.2 Å². The molecule has 1 fully saturated rings. The lowest BCUT2D eigenvalue weighted by molar-refractivity contribution is -0.138. The van der Waals surface area contributed by atoms with E-state index in [9.17, 15) is 27.5 Å². The van der Waals surface area contributed by atoms with Gasteiger partial charge in [0.15, 0.2) is 5.96 Å². The summed E-state index contributed by atoms with van der Waals surface area (Å²) in [5.41, 5.74) is 0.381. The van der Waals surface area contributed by atoms with Gasteiger partial charge in [0.05, 0.1) is 10.6 Å². The molecule has 2 heterocycles. The first-order valence-corrected chi connectivity index (χ1v) is 13.9. The highest BCUT2D eigenvalue weighted by molar-refractivity contribution is 7.89. The van der Waals surface area contributed by atoms with Gasteiger partial charge in [0.2, 0.25) is 10.0 Å². The average Bonchev–Trinajstić information content (AvgIpc) is 2.92. The molecular weight excluding hydrogens is 515 g/mol. The van der Waals surface area contributed by atoms with Crippen molar-refractivity contribution >= 4 is 33.5 Å². The molecular formula is C25H31FN6O5S. The van der Waals surface area contributed by atoms with Crippen molar-refractivity contribution in [1.82, 2.24) is 20.7 Å². The minimum Gasteiger partial charge on any atom is -0.480 e. The van der Waals surface area contributed by atoms with Crippen molar-refractivity contribution in [3.8, 4) is 0 Å². The Morgan fingerprint density at radius 2 is 1.89 bits per heavy atom. The van der Waals surface area contributed by atoms with Crippen LogP contribution < -0.4 is 25.6 Å². The van der Waals surface area contributed by atoms with Crippen molar-refractivity contribution in [3.63, 3.8) is 0 Å². The Balaban J connectivity index is 1.32. The molecule has 2 aliphatic rings. The fraction of sp³-hybridized carbons (Fsp3) is 0.400. The fourth-order valence-electron chi connectivity index (χ4n) is 4.32. The molecule has 1 atom stereocenters. The molecule has 0 aromatic heterocycles. The molecule has 13 heteroatoms. The Labute approximate surface area is 220 Å². The van der Waals surface area contributed by atoms with Gasteiger partial charge in [0.1, 0.15) is 11.9 Å². The van der Waals surface area contributed by atoms with Gasteiger partial charge in [-0.05, 0) is 49.6 Å². The molecule has 0 saturated carbocycles. The molecule has 0 bridgehead atoms. The van der Waals surface area contributed by atoms with Gasteiger partial charge < -0.3 is 26.0 Å². The first kappa shape index (κ1) is 27.3. The van der Waals surface area contributed by atoms with Crippen molar-refractivity contribution in [3.05, 3.63) is 59.9 Å². The standard InChI is InChI=1S/C25H31FN6O5S/c26-20-15-17(7-8-22(20)32-13-9-18(10-14-32)30-25-27-11-4-12-28-25)23(33)29-16-21(24(34)35)31-38(36,37)19-5-2-1-3-6-19/h1-3,5-8,15,18,21,31H,4,9-14,16H2,(H,29,33)(H,34,35)(H2,27,28,30)/t21-/m0/s1. The molecule has 1 amide bonds. The number of anilines is 1. The molecule has 2 aromatic carbocycles. The van der Waals surface area contributed by atoms with Gasteiger partial charge in [-0.2, -0.15) is 4.72 Å². The zero-order chi connectivity index (χ0) is 27.1. The SMILES string of the molecule is O=C(NC[C@H](NS(=O)(=O)c1ccccc1)C(=O)O)c1ccc(N2CCC(NC3=NCCCN3)CC2)c(F)c1. The van der Waals surface area contributed by atoms with E-state index in [-0.39, 0.29) is 16.5 Å². The predicted molar refractivity (Wildman–Crippen MR) is 140 cm³/mol. The number of carboxylic acids is 1. The quantitative estimate of drug-likeness (QED) is 0.311. The van der Waals surface area contributed by atoms with Crippen molar-refractivity contribution in [1.29, 1.82) is 0 Å². The van der Waals surface area contributed by atoms with Crippen molar-refractivity contribution in [2.24, 2.45) is 4.99 Å². The first-order valence-electron chi connectivity index (χ1n) is 12.4. The molecule has 204 valence electrons. The van der Waals surface area contributed by atoms with Crippen molar-refractivity contribution < 1.29 is 27.5 Å². The summed E-state index contributed by atoms with van der Waals surface area (Å²) in [5.74, 6) is -1.93. The summed E-state index contributed by atoms with van der Waals surface area (Å²) >= 11 is 0. The van der Waals surface area contributed by atoms with Crippen LogP contribution >= 0.6 is 0 Å². The number of hydrogen-bond acceptors (Lipinski definition) is 8. The topological polar surface area (TPSA) is 152 Å². The Kier molecular flexibility index (Phi) is 8.79. The number of nitrogens with zero attached hydrogens (tertiary/aromatic N) is 2. The minimum absolute atomic E-state index is 0.000702. The normalized spacial score (nSPS) is 17.2. The van der Waals surface area contributed by atoms with E-state index in [4.69, 9.17) is 0 Å². The van der Waals surface area contributed by atoms with Gasteiger partial charge in [-0.25, -0.2) is 12.8 Å². The monoisotopic (exact) mass is 546 g/mol. The number of piperidine rings is 1. The molecule has 2 aromatic rings. The van der Waals surface area contributed by atoms with Crippen LogP contribution in [0.5, 0.6) is 0 Å². The molecule has 2 aliphatic heterocycles. The summed E-state index contributed by atoms with van der Waals surface area (Å²) in [6, 6.07) is 10.0. The van der Waals surface area contributed by atoms with Crippen LogP contribution in [0.3, 0.4) is 0 Å². The van der Waals surface area contributed by atoms with Crippen LogP contribution in [0.2, 0.25) is 0 Å². The fourth-order valence-corrected chi connectivity index (χ4v) is 5.53. The Bertz CT molecular complexity index is 1280. The summed E-state index contributed by atoms with van der Waals surface area (Å²) in [4.78, 5) is 30.4. The van der Waals surface area contributed by atoms with Crippen molar-refractivity contribution in [2.45, 2.75) is 36.2 Å². The third-order valence-corrected chi connectivity index (χ3v) is 7.89. The zero-order valence-corrected chi connectivity index (χ0v) is 21.5. The maximum atomic E-state index is 14.9. The largest absolute Gasteiger partial charge is 0.480 e. The molecule has 0 aliphatic carbocycles. The number of amides is 1. The van der Waals surface area contributed by atoms with Crippen LogP contribution in [0.15, 0.2) is 58.4 Å². The van der Waals surface area contributed by atoms with Crippen LogP contribution in [0.1, 0.15) is 29.6 Å². The summed E-state index contributed by atoms with van der Waals surface area (Å²) in [6.45, 7) is 2.45. The van der Waals surface area contributed by atoms with E-state index in [0.29, 0.717) is 18.8 Å². The molecule has 0 radical (unpaired) electrons. The molecule has 0 unspecified atom stereocenters. The Hall–Kier alpha value is -3.71. The number of rotatable bonds is 9. The number of nitrogens with one attached hydrogen (secondary N) is 4. The van der Waals surface area contributed by atoms with Gasteiger partial charge in [0, 0.05) is 44.3 Å². The molecule has 38 heavy (non-hydrogen) atoms. The smallest absolute Gasteiger partial charge is 0.323 e. The highest BCUT2D eigenvalue weighted by atomic mass is 32.2. The maximum Gasteiger partial charge on any atom is 0.323 e. The van der Waals surface area contributed by atoms with E-state index in [0.717, 1.165) is 44.4 Å². The highest BCUT2D eigenvalue weighted by Gasteiger charge is 2.27. The first-order chi connectivity index (χ1) is 18.2. The number of aliphatic carboxylic acids is 1. The van der Waals surface area contributed by atoms with Crippen LogP contribution in [0.25, 0.3) is 0 Å². The number of sulfonamides is 1. The number of guanidine groups is 1. The van der Waals surface area contributed by atoms with E-state index in [1.807, 2.05) is 4.90 Å². The molecule has 1 saturated heterocycles. The van der Waals surface area contributed by atoms with E-state index in [1.165, 1.54) is 36.4 Å². The molecule has 5 N–H and O–H groups in total. The molecule has 4 rings (SSSR count). The lowest BCUT2D eigenvalue weighted by Gasteiger charge is -2.35. The number of hydrogen-bond donors (Lipinski definition) is 5. The Morgan fingerprint density at radius 1 is 1.16 bits per heavy atom. The van der Waals surface area contributed by atoms with Crippen LogP contribution in [-0.4, -0.2) is 76.2 Å². The minimum atomic E-state index is -4.12. The molecule has 11 nitrogen and oxygen atoms in total. The van der Waals surface area contributed by atoms with E-state index >= 15 is 0 Å². The highest BCUT2D eigenvalue weighted by Crippen LogP contribution is 2.24. The van der Waals surface area contributed by atoms with E-state index < -0.39 is 40.3 Å². The second-order valence-electron chi connectivity index (χ2n) is 9.12. The number of carbonyl (C=O) groups excluding carboxylic acids is 1. The third kappa shape index (κ3) is 6.98. The number of halogens is 1. The van der Waals surface area contributed by atoms with Gasteiger partial charge in [-0.15, -0.1) is 0 Å². The Morgan fingerprint density at radius 3 is 2.53 bits per heavy atom. The van der Waals surface area contributed by atoms with Crippen LogP contribution in [0, 0.1) is 5.82 Å². The maximum absolute atomic E-state index is 14.9. The third-order valence-electron chi connectivity index (χ3n) is 6.40. The summed E-state index contributed by atoms with van der Waals surface area (Å²) < 4.78 is 41.9. The lowest BCUT2D eigenvalue weighted by atomic mass is 10.0. The number of aliphatic imine (C=N–C) groups is 1. The van der Waals surface area contributed by atoms with Crippen LogP contribution in [-0.2, 0) is 14.8 Å². The predicted octanol–water partition coefficient (Wildman–Crippen LogP) is 0.895. The summed E-state index contributed by atoms with van der Waals surface area (Å²) in [5, 5.41) is 18.5.